The SMILES string of the molecule is CS(=O)(=O)c1ccccc1-c1ccc(C(Cl)C(=O)OCc2ccccc2)cc1. The fraction of sp³-hybridized carbons (Fsp3) is 0.136. The fourth-order valence-electron chi connectivity index (χ4n) is 2.80. The topological polar surface area (TPSA) is 60.4 Å². The number of carbonyl (C=O) groups excluding carboxylic acids is 1. The van der Waals surface area contributed by atoms with Gasteiger partial charge in [-0.25, -0.2) is 8.42 Å². The van der Waals surface area contributed by atoms with Gasteiger partial charge < -0.3 is 4.74 Å². The lowest BCUT2D eigenvalue weighted by Crippen LogP contribution is -2.11. The maximum Gasteiger partial charge on any atom is 0.328 e. The molecule has 0 N–H and O–H groups in total. The van der Waals surface area contributed by atoms with Crippen LogP contribution < -0.4 is 0 Å². The number of halogens is 1. The van der Waals surface area contributed by atoms with Gasteiger partial charge in [0.2, 0.25) is 0 Å². The lowest BCUT2D eigenvalue weighted by Gasteiger charge is -2.12. The van der Waals surface area contributed by atoms with E-state index < -0.39 is 21.2 Å². The van der Waals surface area contributed by atoms with E-state index in [4.69, 9.17) is 16.3 Å². The highest BCUT2D eigenvalue weighted by Crippen LogP contribution is 2.30. The zero-order valence-electron chi connectivity index (χ0n) is 15.2. The van der Waals surface area contributed by atoms with Crippen LogP contribution in [0.3, 0.4) is 0 Å². The Morgan fingerprint density at radius 1 is 0.929 bits per heavy atom. The van der Waals surface area contributed by atoms with Crippen LogP contribution in [-0.4, -0.2) is 20.6 Å². The molecular weight excluding hydrogens is 396 g/mol. The van der Waals surface area contributed by atoms with Crippen LogP contribution in [0.5, 0.6) is 0 Å². The lowest BCUT2D eigenvalue weighted by atomic mass is 10.0. The minimum atomic E-state index is -3.36. The van der Waals surface area contributed by atoms with E-state index >= 15 is 0 Å². The van der Waals surface area contributed by atoms with E-state index in [-0.39, 0.29) is 11.5 Å². The molecule has 4 nitrogen and oxygen atoms in total. The van der Waals surface area contributed by atoms with Crippen molar-refractivity contribution in [3.05, 3.63) is 90.0 Å². The number of ether oxygens (including phenoxy) is 1. The molecule has 0 aliphatic carbocycles. The van der Waals surface area contributed by atoms with Gasteiger partial charge in [-0.15, -0.1) is 11.6 Å². The third kappa shape index (κ3) is 4.80. The van der Waals surface area contributed by atoms with Gasteiger partial charge in [-0.1, -0.05) is 72.8 Å². The van der Waals surface area contributed by atoms with Crippen molar-refractivity contribution in [3.8, 4) is 11.1 Å². The summed E-state index contributed by atoms with van der Waals surface area (Å²) in [6, 6.07) is 23.1. The molecule has 0 saturated heterocycles. The van der Waals surface area contributed by atoms with E-state index in [0.717, 1.165) is 11.1 Å². The van der Waals surface area contributed by atoms with Crippen molar-refractivity contribution in [2.45, 2.75) is 16.9 Å². The highest BCUT2D eigenvalue weighted by Gasteiger charge is 2.20. The van der Waals surface area contributed by atoms with Gasteiger partial charge in [-0.2, -0.15) is 0 Å². The van der Waals surface area contributed by atoms with Crippen molar-refractivity contribution < 1.29 is 17.9 Å². The van der Waals surface area contributed by atoms with Crippen molar-refractivity contribution in [1.29, 1.82) is 0 Å². The molecule has 0 bridgehead atoms. The van der Waals surface area contributed by atoms with Crippen LogP contribution in [-0.2, 0) is 26.0 Å². The Hall–Kier alpha value is -2.63. The number of alkyl halides is 1. The van der Waals surface area contributed by atoms with Crippen LogP contribution in [0, 0.1) is 0 Å². The fourth-order valence-corrected chi connectivity index (χ4v) is 3.92. The average molecular weight is 415 g/mol. The predicted molar refractivity (Wildman–Crippen MR) is 110 cm³/mol. The quantitative estimate of drug-likeness (QED) is 0.430. The molecule has 0 aliphatic rings. The van der Waals surface area contributed by atoms with Crippen LogP contribution in [0.2, 0.25) is 0 Å². The molecule has 0 spiro atoms. The summed E-state index contributed by atoms with van der Waals surface area (Å²) in [6.45, 7) is 0.155. The summed E-state index contributed by atoms with van der Waals surface area (Å²) in [5.74, 6) is -0.533. The molecule has 0 aliphatic heterocycles. The molecule has 6 heteroatoms. The Morgan fingerprint density at radius 3 is 2.18 bits per heavy atom. The van der Waals surface area contributed by atoms with E-state index in [1.165, 1.54) is 6.26 Å². The van der Waals surface area contributed by atoms with Crippen LogP contribution in [0.4, 0.5) is 0 Å². The van der Waals surface area contributed by atoms with E-state index in [0.29, 0.717) is 11.1 Å². The van der Waals surface area contributed by atoms with Gasteiger partial charge in [-0.05, 0) is 22.8 Å². The second-order valence-corrected chi connectivity index (χ2v) is 8.77. The third-order valence-corrected chi connectivity index (χ3v) is 5.82. The zero-order valence-corrected chi connectivity index (χ0v) is 16.8. The molecule has 3 aromatic rings. The highest BCUT2D eigenvalue weighted by atomic mass is 35.5. The first kappa shape index (κ1) is 20.1. The summed E-state index contributed by atoms with van der Waals surface area (Å²) in [5, 5.41) is -0.942. The van der Waals surface area contributed by atoms with Crippen molar-refractivity contribution in [2.75, 3.05) is 6.26 Å². The molecule has 1 unspecified atom stereocenters. The Balaban J connectivity index is 1.75. The second kappa shape index (κ2) is 8.59. The van der Waals surface area contributed by atoms with Crippen molar-refractivity contribution in [1.82, 2.24) is 0 Å². The smallest absolute Gasteiger partial charge is 0.328 e. The molecule has 3 rings (SSSR count). The number of esters is 1. The molecule has 3 aromatic carbocycles. The number of hydrogen-bond donors (Lipinski definition) is 0. The second-order valence-electron chi connectivity index (χ2n) is 6.35. The van der Waals surface area contributed by atoms with Crippen molar-refractivity contribution in [2.24, 2.45) is 0 Å². The van der Waals surface area contributed by atoms with Gasteiger partial charge >= 0.3 is 5.97 Å². The molecule has 0 heterocycles. The first-order valence-corrected chi connectivity index (χ1v) is 10.9. The van der Waals surface area contributed by atoms with Gasteiger partial charge in [0.05, 0.1) is 4.90 Å². The van der Waals surface area contributed by atoms with Crippen molar-refractivity contribution in [3.63, 3.8) is 0 Å². The Labute approximate surface area is 169 Å². The van der Waals surface area contributed by atoms with Crippen molar-refractivity contribution >= 4 is 27.4 Å². The first-order valence-electron chi connectivity index (χ1n) is 8.60. The van der Waals surface area contributed by atoms with Gasteiger partial charge in [0.15, 0.2) is 15.2 Å². The summed E-state index contributed by atoms with van der Waals surface area (Å²) in [7, 11) is -3.36. The maximum absolute atomic E-state index is 12.2. The van der Waals surface area contributed by atoms with E-state index in [2.05, 4.69) is 0 Å². The molecule has 0 amide bonds. The number of rotatable bonds is 6. The molecule has 0 aromatic heterocycles. The van der Waals surface area contributed by atoms with Crippen LogP contribution in [0.25, 0.3) is 11.1 Å². The normalized spacial score (nSPS) is 12.4. The molecule has 1 atom stereocenters. The molecule has 0 fully saturated rings. The van der Waals surface area contributed by atoms with E-state index in [1.807, 2.05) is 30.3 Å². The minimum Gasteiger partial charge on any atom is -0.459 e. The average Bonchev–Trinajstić information content (AvgIpc) is 2.72. The number of benzene rings is 3. The number of hydrogen-bond acceptors (Lipinski definition) is 4. The summed E-state index contributed by atoms with van der Waals surface area (Å²) in [6.07, 6.45) is 1.18. The van der Waals surface area contributed by atoms with E-state index in [9.17, 15) is 13.2 Å². The van der Waals surface area contributed by atoms with Gasteiger partial charge in [0.25, 0.3) is 0 Å². The Bertz CT molecular complexity index is 1060. The number of carbonyl (C=O) groups is 1. The standard InChI is InChI=1S/C22H19ClO4S/c1-28(25,26)20-10-6-5-9-19(20)17-11-13-18(14-12-17)21(23)22(24)27-15-16-7-3-2-4-8-16/h2-14,21H,15H2,1H3. The van der Waals surface area contributed by atoms with Crippen LogP contribution in [0.15, 0.2) is 83.8 Å². The summed E-state index contributed by atoms with van der Waals surface area (Å²) >= 11 is 6.25. The molecule has 144 valence electrons. The van der Waals surface area contributed by atoms with Crippen LogP contribution >= 0.6 is 11.6 Å². The molecule has 28 heavy (non-hydrogen) atoms. The van der Waals surface area contributed by atoms with Gasteiger partial charge in [0.1, 0.15) is 6.61 Å². The molecular formula is C22H19ClO4S. The monoisotopic (exact) mass is 414 g/mol. The lowest BCUT2D eigenvalue weighted by molar-refractivity contribution is -0.144. The van der Waals surface area contributed by atoms with Gasteiger partial charge in [0, 0.05) is 11.8 Å². The zero-order chi connectivity index (χ0) is 20.1. The Kier molecular flexibility index (Phi) is 6.17. The first-order chi connectivity index (χ1) is 13.4. The largest absolute Gasteiger partial charge is 0.459 e. The summed E-state index contributed by atoms with van der Waals surface area (Å²) in [5.41, 5.74) is 2.80. The summed E-state index contributed by atoms with van der Waals surface area (Å²) < 4.78 is 29.3. The van der Waals surface area contributed by atoms with Crippen LogP contribution in [0.1, 0.15) is 16.5 Å². The molecule has 0 saturated carbocycles. The molecule has 0 radical (unpaired) electrons. The third-order valence-electron chi connectivity index (χ3n) is 4.23. The van der Waals surface area contributed by atoms with E-state index in [1.54, 1.807) is 48.5 Å². The van der Waals surface area contributed by atoms with Gasteiger partial charge in [-0.3, -0.25) is 4.79 Å². The highest BCUT2D eigenvalue weighted by molar-refractivity contribution is 7.90. The minimum absolute atomic E-state index is 0.155. The predicted octanol–water partition coefficient (Wildman–Crippen LogP) is 4.78. The Morgan fingerprint density at radius 2 is 1.54 bits per heavy atom. The summed E-state index contributed by atoms with van der Waals surface area (Å²) in [4.78, 5) is 12.5. The maximum atomic E-state index is 12.2. The number of sulfone groups is 1.